The minimum absolute atomic E-state index is 0.0350. The van der Waals surface area contributed by atoms with Gasteiger partial charge in [-0.1, -0.05) is 30.3 Å². The molecule has 92 valence electrons. The van der Waals surface area contributed by atoms with E-state index in [0.717, 1.165) is 32.5 Å². The number of carbonyl (C=O) groups is 1. The Labute approximate surface area is 102 Å². The van der Waals surface area contributed by atoms with Crippen LogP contribution in [0.3, 0.4) is 0 Å². The molecule has 0 aliphatic carbocycles. The highest BCUT2D eigenvalue weighted by Gasteiger charge is 2.27. The predicted octanol–water partition coefficient (Wildman–Crippen LogP) is 0.541. The van der Waals surface area contributed by atoms with Crippen molar-refractivity contribution in [1.29, 1.82) is 0 Å². The topological polar surface area (TPSA) is 58.4 Å². The zero-order chi connectivity index (χ0) is 12.1. The van der Waals surface area contributed by atoms with Gasteiger partial charge in [-0.05, 0) is 24.9 Å². The molecule has 4 heteroatoms. The molecule has 17 heavy (non-hydrogen) atoms. The normalized spacial score (nSPS) is 20.4. The molecule has 0 radical (unpaired) electrons. The highest BCUT2D eigenvalue weighted by Crippen LogP contribution is 2.16. The number of carbonyl (C=O) groups excluding carboxylic acids is 1. The van der Waals surface area contributed by atoms with Crippen LogP contribution in [-0.4, -0.2) is 30.4 Å². The van der Waals surface area contributed by atoms with Gasteiger partial charge in [-0.25, -0.2) is 5.84 Å². The fraction of sp³-hybridized carbons (Fsp3) is 0.462. The smallest absolute Gasteiger partial charge is 0.238 e. The van der Waals surface area contributed by atoms with Crippen molar-refractivity contribution in [3.05, 3.63) is 35.9 Å². The quantitative estimate of drug-likeness (QED) is 0.453. The summed E-state index contributed by atoms with van der Waals surface area (Å²) in [6, 6.07) is 10.4. The second-order valence-electron chi connectivity index (χ2n) is 4.53. The van der Waals surface area contributed by atoms with Crippen LogP contribution >= 0.6 is 0 Å². The monoisotopic (exact) mass is 233 g/mol. The Bertz CT molecular complexity index is 366. The van der Waals surface area contributed by atoms with Crippen molar-refractivity contribution in [2.75, 3.05) is 19.6 Å². The maximum atomic E-state index is 11.4. The van der Waals surface area contributed by atoms with Gasteiger partial charge in [0.2, 0.25) is 5.91 Å². The molecule has 1 aromatic carbocycles. The molecule has 1 unspecified atom stereocenters. The van der Waals surface area contributed by atoms with E-state index in [4.69, 9.17) is 5.84 Å². The number of hydrogen-bond donors (Lipinski definition) is 2. The van der Waals surface area contributed by atoms with E-state index in [-0.39, 0.29) is 11.8 Å². The first kappa shape index (κ1) is 12.1. The van der Waals surface area contributed by atoms with Gasteiger partial charge in [0.15, 0.2) is 0 Å². The van der Waals surface area contributed by atoms with Crippen LogP contribution in [0.25, 0.3) is 0 Å². The van der Waals surface area contributed by atoms with Gasteiger partial charge in [-0.3, -0.25) is 10.2 Å². The Balaban J connectivity index is 1.77. The Kier molecular flexibility index (Phi) is 4.12. The van der Waals surface area contributed by atoms with E-state index in [0.29, 0.717) is 0 Å². The average molecular weight is 233 g/mol. The first-order valence-corrected chi connectivity index (χ1v) is 6.06. The van der Waals surface area contributed by atoms with Gasteiger partial charge < -0.3 is 4.90 Å². The summed E-state index contributed by atoms with van der Waals surface area (Å²) in [4.78, 5) is 13.7. The Morgan fingerprint density at radius 3 is 2.88 bits per heavy atom. The van der Waals surface area contributed by atoms with Crippen LogP contribution in [0.2, 0.25) is 0 Å². The van der Waals surface area contributed by atoms with Gasteiger partial charge in [-0.15, -0.1) is 0 Å². The number of benzene rings is 1. The van der Waals surface area contributed by atoms with Crippen molar-refractivity contribution in [2.45, 2.75) is 12.8 Å². The number of hydrazine groups is 1. The van der Waals surface area contributed by atoms with Gasteiger partial charge in [-0.2, -0.15) is 0 Å². The molecule has 4 nitrogen and oxygen atoms in total. The van der Waals surface area contributed by atoms with E-state index < -0.39 is 0 Å². The Morgan fingerprint density at radius 2 is 2.18 bits per heavy atom. The largest absolute Gasteiger partial charge is 0.302 e. The predicted molar refractivity (Wildman–Crippen MR) is 67.0 cm³/mol. The summed E-state index contributed by atoms with van der Waals surface area (Å²) in [7, 11) is 0. The summed E-state index contributed by atoms with van der Waals surface area (Å²) in [5, 5.41) is 0. The number of nitrogens with zero attached hydrogens (tertiary/aromatic N) is 1. The van der Waals surface area contributed by atoms with Crippen LogP contribution in [0.15, 0.2) is 30.3 Å². The number of amides is 1. The average Bonchev–Trinajstić information content (AvgIpc) is 2.85. The maximum Gasteiger partial charge on any atom is 0.238 e. The summed E-state index contributed by atoms with van der Waals surface area (Å²) in [5.74, 6) is 5.17. The van der Waals surface area contributed by atoms with Gasteiger partial charge in [0, 0.05) is 13.1 Å². The van der Waals surface area contributed by atoms with E-state index in [9.17, 15) is 4.79 Å². The van der Waals surface area contributed by atoms with Crippen molar-refractivity contribution in [3.8, 4) is 0 Å². The zero-order valence-electron chi connectivity index (χ0n) is 9.93. The second kappa shape index (κ2) is 5.80. The molecule has 0 aromatic heterocycles. The molecule has 0 spiro atoms. The molecular formula is C13H19N3O. The molecule has 1 atom stereocenters. The minimum atomic E-state index is -0.0350. The van der Waals surface area contributed by atoms with Gasteiger partial charge in [0.1, 0.15) is 0 Å². The van der Waals surface area contributed by atoms with Crippen molar-refractivity contribution >= 4 is 5.91 Å². The lowest BCUT2D eigenvalue weighted by atomic mass is 10.1. The van der Waals surface area contributed by atoms with Crippen LogP contribution < -0.4 is 11.3 Å². The molecule has 2 rings (SSSR count). The van der Waals surface area contributed by atoms with Crippen LogP contribution in [-0.2, 0) is 11.2 Å². The molecule has 0 bridgehead atoms. The number of hydrogen-bond acceptors (Lipinski definition) is 3. The Hall–Kier alpha value is -1.39. The van der Waals surface area contributed by atoms with E-state index in [1.165, 1.54) is 5.56 Å². The lowest BCUT2D eigenvalue weighted by Gasteiger charge is -2.15. The highest BCUT2D eigenvalue weighted by atomic mass is 16.2. The molecule has 1 amide bonds. The molecule has 0 saturated carbocycles. The van der Waals surface area contributed by atoms with Crippen molar-refractivity contribution in [3.63, 3.8) is 0 Å². The molecule has 1 aromatic rings. The van der Waals surface area contributed by atoms with Crippen LogP contribution in [0, 0.1) is 5.92 Å². The lowest BCUT2D eigenvalue weighted by Crippen LogP contribution is -2.37. The number of likely N-dealkylation sites (tertiary alicyclic amines) is 1. The van der Waals surface area contributed by atoms with E-state index in [2.05, 4.69) is 34.6 Å². The van der Waals surface area contributed by atoms with E-state index in [1.54, 1.807) is 0 Å². The molecule has 1 heterocycles. The molecule has 1 aliphatic rings. The van der Waals surface area contributed by atoms with Gasteiger partial charge in [0.25, 0.3) is 0 Å². The lowest BCUT2D eigenvalue weighted by molar-refractivity contribution is -0.124. The molecular weight excluding hydrogens is 214 g/mol. The third kappa shape index (κ3) is 3.28. The van der Waals surface area contributed by atoms with Crippen molar-refractivity contribution in [2.24, 2.45) is 11.8 Å². The number of nitrogens with one attached hydrogen (secondary N) is 1. The van der Waals surface area contributed by atoms with Gasteiger partial charge >= 0.3 is 0 Å². The van der Waals surface area contributed by atoms with Crippen LogP contribution in [0.5, 0.6) is 0 Å². The molecule has 1 aliphatic heterocycles. The first-order chi connectivity index (χ1) is 8.29. The minimum Gasteiger partial charge on any atom is -0.302 e. The first-order valence-electron chi connectivity index (χ1n) is 6.06. The highest BCUT2D eigenvalue weighted by molar-refractivity contribution is 5.78. The summed E-state index contributed by atoms with van der Waals surface area (Å²) in [5.41, 5.74) is 3.58. The third-order valence-corrected chi connectivity index (χ3v) is 3.34. The fourth-order valence-electron chi connectivity index (χ4n) is 2.30. The molecule has 1 saturated heterocycles. The number of rotatable bonds is 4. The molecule has 1 fully saturated rings. The van der Waals surface area contributed by atoms with Crippen LogP contribution in [0.4, 0.5) is 0 Å². The van der Waals surface area contributed by atoms with Crippen LogP contribution in [0.1, 0.15) is 12.0 Å². The van der Waals surface area contributed by atoms with Crippen molar-refractivity contribution in [1.82, 2.24) is 10.3 Å². The fourth-order valence-corrected chi connectivity index (χ4v) is 2.30. The standard InChI is InChI=1S/C13H19N3O/c14-15-13(17)12-7-9-16(10-12)8-6-11-4-2-1-3-5-11/h1-5,12H,6-10,14H2,(H,15,17). The van der Waals surface area contributed by atoms with E-state index >= 15 is 0 Å². The summed E-state index contributed by atoms with van der Waals surface area (Å²) < 4.78 is 0. The number of nitrogens with two attached hydrogens (primary N) is 1. The van der Waals surface area contributed by atoms with Gasteiger partial charge in [0.05, 0.1) is 5.92 Å². The summed E-state index contributed by atoms with van der Waals surface area (Å²) >= 11 is 0. The summed E-state index contributed by atoms with van der Waals surface area (Å²) in [6.07, 6.45) is 1.95. The zero-order valence-corrected chi connectivity index (χ0v) is 9.93. The summed E-state index contributed by atoms with van der Waals surface area (Å²) in [6.45, 7) is 2.83. The third-order valence-electron chi connectivity index (χ3n) is 3.34. The van der Waals surface area contributed by atoms with E-state index in [1.807, 2.05) is 6.07 Å². The SMILES string of the molecule is NNC(=O)C1CCN(CCc2ccccc2)C1. The Morgan fingerprint density at radius 1 is 1.41 bits per heavy atom. The van der Waals surface area contributed by atoms with Crippen molar-refractivity contribution < 1.29 is 4.79 Å². The maximum absolute atomic E-state index is 11.4. The molecule has 3 N–H and O–H groups in total. The second-order valence-corrected chi connectivity index (χ2v) is 4.53.